The monoisotopic (exact) mass is 303 g/mol. The number of ketones is 1. The van der Waals surface area contributed by atoms with Crippen LogP contribution in [0.2, 0.25) is 0 Å². The van der Waals surface area contributed by atoms with Crippen LogP contribution in [0.5, 0.6) is 0 Å². The lowest BCUT2D eigenvalue weighted by atomic mass is 9.92. The summed E-state index contributed by atoms with van der Waals surface area (Å²) in [5, 5.41) is 0. The first-order valence-corrected chi connectivity index (χ1v) is 7.04. The molecule has 0 radical (unpaired) electrons. The normalized spacial score (nSPS) is 13.0. The van der Waals surface area contributed by atoms with E-state index in [9.17, 15) is 4.79 Å². The van der Waals surface area contributed by atoms with Crippen molar-refractivity contribution < 1.29 is 4.79 Å². The molecule has 2 aromatic rings. The summed E-state index contributed by atoms with van der Waals surface area (Å²) < 4.78 is 0. The predicted molar refractivity (Wildman–Crippen MR) is 89.9 cm³/mol. The zero-order valence-electron chi connectivity index (χ0n) is 12.2. The van der Waals surface area contributed by atoms with Crippen molar-refractivity contribution in [2.45, 2.75) is 31.7 Å². The second-order valence-corrected chi connectivity index (χ2v) is 5.28. The van der Waals surface area contributed by atoms with Gasteiger partial charge in [-0.25, -0.2) is 0 Å². The van der Waals surface area contributed by atoms with E-state index in [2.05, 4.69) is 19.1 Å². The summed E-state index contributed by atoms with van der Waals surface area (Å²) in [4.78, 5) is 12.2. The molecule has 0 aromatic heterocycles. The maximum absolute atomic E-state index is 12.2. The maximum atomic E-state index is 12.2. The van der Waals surface area contributed by atoms with Gasteiger partial charge < -0.3 is 5.73 Å². The molecule has 0 unspecified atom stereocenters. The first-order chi connectivity index (χ1) is 9.66. The summed E-state index contributed by atoms with van der Waals surface area (Å²) in [7, 11) is 0. The Morgan fingerprint density at radius 3 is 2.10 bits per heavy atom. The molecule has 21 heavy (non-hydrogen) atoms. The Labute approximate surface area is 132 Å². The van der Waals surface area contributed by atoms with Crippen molar-refractivity contribution in [1.82, 2.24) is 0 Å². The van der Waals surface area contributed by atoms with Gasteiger partial charge in [-0.2, -0.15) is 0 Å². The van der Waals surface area contributed by atoms with Crippen molar-refractivity contribution in [3.63, 3.8) is 0 Å². The molecular weight excluding hydrogens is 282 g/mol. The summed E-state index contributed by atoms with van der Waals surface area (Å²) in [6.45, 7) is 2.07. The highest BCUT2D eigenvalue weighted by atomic mass is 35.5. The van der Waals surface area contributed by atoms with Crippen molar-refractivity contribution in [1.29, 1.82) is 0 Å². The SMILES string of the molecule is C[C@@H](CC(=O)[C@H](N)Cc1ccccc1)c1ccccc1.Cl. The van der Waals surface area contributed by atoms with Crippen LogP contribution in [0, 0.1) is 0 Å². The molecule has 2 nitrogen and oxygen atoms in total. The van der Waals surface area contributed by atoms with Gasteiger partial charge in [-0.3, -0.25) is 4.79 Å². The Bertz CT molecular complexity index is 542. The van der Waals surface area contributed by atoms with Crippen LogP contribution in [0.4, 0.5) is 0 Å². The van der Waals surface area contributed by atoms with Crippen LogP contribution in [-0.2, 0) is 11.2 Å². The Balaban J connectivity index is 0.00000220. The molecule has 0 aliphatic heterocycles. The van der Waals surface area contributed by atoms with Crippen LogP contribution in [-0.4, -0.2) is 11.8 Å². The van der Waals surface area contributed by atoms with Gasteiger partial charge in [0, 0.05) is 6.42 Å². The lowest BCUT2D eigenvalue weighted by Crippen LogP contribution is -2.33. The highest BCUT2D eigenvalue weighted by molar-refractivity contribution is 5.85. The molecule has 0 saturated carbocycles. The van der Waals surface area contributed by atoms with Gasteiger partial charge in [0.05, 0.1) is 6.04 Å². The van der Waals surface area contributed by atoms with E-state index in [-0.39, 0.29) is 24.1 Å². The van der Waals surface area contributed by atoms with Crippen LogP contribution in [0.15, 0.2) is 60.7 Å². The molecule has 0 aliphatic carbocycles. The van der Waals surface area contributed by atoms with E-state index in [1.165, 1.54) is 5.56 Å². The largest absolute Gasteiger partial charge is 0.321 e. The van der Waals surface area contributed by atoms with Gasteiger partial charge in [-0.05, 0) is 23.5 Å². The number of carbonyl (C=O) groups excluding carboxylic acids is 1. The second-order valence-electron chi connectivity index (χ2n) is 5.28. The average molecular weight is 304 g/mol. The van der Waals surface area contributed by atoms with E-state index >= 15 is 0 Å². The first kappa shape index (κ1) is 17.4. The molecule has 2 atom stereocenters. The molecule has 3 heteroatoms. The molecule has 0 fully saturated rings. The van der Waals surface area contributed by atoms with Gasteiger partial charge in [0.1, 0.15) is 5.78 Å². The van der Waals surface area contributed by atoms with Gasteiger partial charge in [0.15, 0.2) is 0 Å². The minimum Gasteiger partial charge on any atom is -0.321 e. The van der Waals surface area contributed by atoms with Crippen LogP contribution < -0.4 is 5.73 Å². The van der Waals surface area contributed by atoms with Crippen molar-refractivity contribution in [3.05, 3.63) is 71.8 Å². The van der Waals surface area contributed by atoms with E-state index < -0.39 is 6.04 Å². The molecule has 0 saturated heterocycles. The van der Waals surface area contributed by atoms with Crippen LogP contribution in [0.25, 0.3) is 0 Å². The van der Waals surface area contributed by atoms with Crippen molar-refractivity contribution >= 4 is 18.2 Å². The lowest BCUT2D eigenvalue weighted by molar-refractivity contribution is -0.120. The number of rotatable bonds is 6. The smallest absolute Gasteiger partial charge is 0.150 e. The number of hydrogen-bond donors (Lipinski definition) is 1. The van der Waals surface area contributed by atoms with Gasteiger partial charge in [0.2, 0.25) is 0 Å². The third-order valence-corrected chi connectivity index (χ3v) is 3.59. The van der Waals surface area contributed by atoms with Gasteiger partial charge in [-0.1, -0.05) is 67.6 Å². The molecular formula is C18H22ClNO. The fourth-order valence-electron chi connectivity index (χ4n) is 2.33. The molecule has 112 valence electrons. The Morgan fingerprint density at radius 1 is 1.00 bits per heavy atom. The third-order valence-electron chi connectivity index (χ3n) is 3.59. The van der Waals surface area contributed by atoms with Crippen LogP contribution in [0.3, 0.4) is 0 Å². The van der Waals surface area contributed by atoms with Gasteiger partial charge in [0.25, 0.3) is 0 Å². The summed E-state index contributed by atoms with van der Waals surface area (Å²) in [6.07, 6.45) is 1.11. The molecule has 0 heterocycles. The molecule has 0 aliphatic rings. The average Bonchev–Trinajstić information content (AvgIpc) is 2.49. The summed E-state index contributed by atoms with van der Waals surface area (Å²) in [6, 6.07) is 19.6. The molecule has 2 rings (SSSR count). The Morgan fingerprint density at radius 2 is 1.52 bits per heavy atom. The van der Waals surface area contributed by atoms with Gasteiger partial charge in [-0.15, -0.1) is 12.4 Å². The van der Waals surface area contributed by atoms with E-state index in [0.717, 1.165) is 5.56 Å². The van der Waals surface area contributed by atoms with Crippen molar-refractivity contribution in [2.24, 2.45) is 5.73 Å². The molecule has 2 N–H and O–H groups in total. The predicted octanol–water partition coefficient (Wildman–Crippen LogP) is 3.74. The quantitative estimate of drug-likeness (QED) is 0.883. The van der Waals surface area contributed by atoms with E-state index in [1.807, 2.05) is 48.5 Å². The fraction of sp³-hybridized carbons (Fsp3) is 0.278. The van der Waals surface area contributed by atoms with Crippen molar-refractivity contribution in [2.75, 3.05) is 0 Å². The van der Waals surface area contributed by atoms with E-state index in [0.29, 0.717) is 12.8 Å². The topological polar surface area (TPSA) is 43.1 Å². The number of carbonyl (C=O) groups is 1. The fourth-order valence-corrected chi connectivity index (χ4v) is 2.33. The number of hydrogen-bond acceptors (Lipinski definition) is 2. The first-order valence-electron chi connectivity index (χ1n) is 7.04. The van der Waals surface area contributed by atoms with E-state index in [4.69, 9.17) is 5.73 Å². The molecule has 0 bridgehead atoms. The third kappa shape index (κ3) is 5.33. The Kier molecular flexibility index (Phi) is 7.13. The number of Topliss-reactive ketones (excluding diaryl/α,β-unsaturated/α-hetero) is 1. The minimum atomic E-state index is -0.413. The molecule has 2 aromatic carbocycles. The van der Waals surface area contributed by atoms with E-state index in [1.54, 1.807) is 0 Å². The highest BCUT2D eigenvalue weighted by Gasteiger charge is 2.17. The zero-order chi connectivity index (χ0) is 14.4. The summed E-state index contributed by atoms with van der Waals surface area (Å²) in [5.74, 6) is 0.343. The molecule has 0 spiro atoms. The maximum Gasteiger partial charge on any atom is 0.150 e. The van der Waals surface area contributed by atoms with Crippen molar-refractivity contribution in [3.8, 4) is 0 Å². The summed E-state index contributed by atoms with van der Waals surface area (Å²) in [5.41, 5.74) is 8.33. The number of benzene rings is 2. The minimum absolute atomic E-state index is 0. The molecule has 0 amide bonds. The van der Waals surface area contributed by atoms with Crippen LogP contribution in [0.1, 0.15) is 30.4 Å². The standard InChI is InChI=1S/C18H21NO.ClH/c1-14(16-10-6-3-7-11-16)12-18(20)17(19)13-15-8-4-2-5-9-15;/h2-11,14,17H,12-13,19H2,1H3;1H/t14-,17+;/m0./s1. The van der Waals surface area contributed by atoms with Gasteiger partial charge >= 0.3 is 0 Å². The lowest BCUT2D eigenvalue weighted by Gasteiger charge is -2.15. The zero-order valence-corrected chi connectivity index (χ0v) is 13.1. The highest BCUT2D eigenvalue weighted by Crippen LogP contribution is 2.19. The number of nitrogens with two attached hydrogens (primary N) is 1. The number of halogens is 1. The Hall–Kier alpha value is -1.64. The van der Waals surface area contributed by atoms with Crippen LogP contribution >= 0.6 is 12.4 Å². The summed E-state index contributed by atoms with van der Waals surface area (Å²) >= 11 is 0. The second kappa shape index (κ2) is 8.60.